The summed E-state index contributed by atoms with van der Waals surface area (Å²) >= 11 is 3.29. The zero-order valence-corrected chi connectivity index (χ0v) is 16.4. The van der Waals surface area contributed by atoms with E-state index in [0.717, 1.165) is 23.9 Å². The van der Waals surface area contributed by atoms with Crippen molar-refractivity contribution in [1.82, 2.24) is 10.6 Å². The molecule has 1 aromatic carbocycles. The van der Waals surface area contributed by atoms with Crippen molar-refractivity contribution in [2.24, 2.45) is 0 Å². The maximum Gasteiger partial charge on any atom is 0.237 e. The van der Waals surface area contributed by atoms with Crippen molar-refractivity contribution in [2.75, 3.05) is 13.1 Å². The average Bonchev–Trinajstić information content (AvgIpc) is 2.99. The number of carbonyl (C=O) groups excluding carboxylic acids is 1. The second-order valence-electron chi connectivity index (χ2n) is 6.08. The first-order valence-electron chi connectivity index (χ1n) is 7.25. The molecule has 1 heterocycles. The summed E-state index contributed by atoms with van der Waals surface area (Å²) < 4.78 is 25.2. The Kier molecular flexibility index (Phi) is 7.07. The fraction of sp³-hybridized carbons (Fsp3) is 0.533. The lowest BCUT2D eigenvalue weighted by Crippen LogP contribution is -2.48. The predicted molar refractivity (Wildman–Crippen MR) is 96.7 cm³/mol. The van der Waals surface area contributed by atoms with Gasteiger partial charge in [0, 0.05) is 11.0 Å². The van der Waals surface area contributed by atoms with Gasteiger partial charge in [-0.25, -0.2) is 8.42 Å². The van der Waals surface area contributed by atoms with E-state index in [4.69, 9.17) is 0 Å². The van der Waals surface area contributed by atoms with E-state index in [1.165, 1.54) is 0 Å². The lowest BCUT2D eigenvalue weighted by atomic mass is 10.2. The molecule has 1 saturated heterocycles. The lowest BCUT2D eigenvalue weighted by Gasteiger charge is -2.26. The van der Waals surface area contributed by atoms with E-state index < -0.39 is 14.6 Å². The average molecular weight is 426 g/mol. The number of hydrogen-bond acceptors (Lipinski definition) is 4. The minimum absolute atomic E-state index is 0. The van der Waals surface area contributed by atoms with Gasteiger partial charge in [-0.3, -0.25) is 4.79 Å². The third-order valence-corrected chi connectivity index (χ3v) is 6.94. The van der Waals surface area contributed by atoms with Gasteiger partial charge in [-0.2, -0.15) is 0 Å². The smallest absolute Gasteiger partial charge is 0.237 e. The number of sulfone groups is 1. The van der Waals surface area contributed by atoms with Crippen LogP contribution in [0.4, 0.5) is 0 Å². The number of hydrogen-bond donors (Lipinski definition) is 2. The second-order valence-corrected chi connectivity index (χ2v) is 9.58. The standard InChI is InChI=1S/C15H21BrN2O3S.ClH/c1-15(2,10-18-14(19)13-4-3-9-17-13)22(20,21)12-7-5-11(16)6-8-12;/h5-8,13,17H,3-4,9-10H2,1-2H3,(H,18,19);1H. The van der Waals surface area contributed by atoms with Crippen molar-refractivity contribution in [3.8, 4) is 0 Å². The lowest BCUT2D eigenvalue weighted by molar-refractivity contribution is -0.122. The molecule has 1 aliphatic heterocycles. The van der Waals surface area contributed by atoms with E-state index in [9.17, 15) is 13.2 Å². The molecule has 2 N–H and O–H groups in total. The van der Waals surface area contributed by atoms with Gasteiger partial charge >= 0.3 is 0 Å². The Morgan fingerprint density at radius 3 is 2.48 bits per heavy atom. The zero-order chi connectivity index (χ0) is 16.4. The third-order valence-electron chi connectivity index (χ3n) is 3.92. The molecule has 0 radical (unpaired) electrons. The summed E-state index contributed by atoms with van der Waals surface area (Å²) in [7, 11) is -3.53. The molecule has 130 valence electrons. The first-order valence-corrected chi connectivity index (χ1v) is 9.53. The molecule has 0 aliphatic carbocycles. The number of halogens is 2. The van der Waals surface area contributed by atoms with Gasteiger partial charge in [0.05, 0.1) is 15.7 Å². The van der Waals surface area contributed by atoms with Crippen LogP contribution >= 0.6 is 28.3 Å². The molecule has 1 atom stereocenters. The van der Waals surface area contributed by atoms with Crippen molar-refractivity contribution in [3.63, 3.8) is 0 Å². The Morgan fingerprint density at radius 2 is 1.96 bits per heavy atom. The molecule has 0 bridgehead atoms. The SMILES string of the molecule is CC(C)(CNC(=O)C1CCCN1)S(=O)(=O)c1ccc(Br)cc1.Cl. The molecule has 8 heteroatoms. The summed E-state index contributed by atoms with van der Waals surface area (Å²) in [4.78, 5) is 12.3. The van der Waals surface area contributed by atoms with Crippen LogP contribution in [0.2, 0.25) is 0 Å². The normalized spacial score (nSPS) is 18.3. The largest absolute Gasteiger partial charge is 0.353 e. The molecular weight excluding hydrogens is 404 g/mol. The predicted octanol–water partition coefficient (Wildman–Crippen LogP) is 2.29. The van der Waals surface area contributed by atoms with Gasteiger partial charge in [0.1, 0.15) is 0 Å². The van der Waals surface area contributed by atoms with E-state index in [0.29, 0.717) is 0 Å². The molecule has 1 unspecified atom stereocenters. The van der Waals surface area contributed by atoms with E-state index in [-0.39, 0.29) is 35.8 Å². The van der Waals surface area contributed by atoms with Crippen molar-refractivity contribution < 1.29 is 13.2 Å². The van der Waals surface area contributed by atoms with Crippen LogP contribution in [-0.4, -0.2) is 38.2 Å². The van der Waals surface area contributed by atoms with Crippen LogP contribution in [-0.2, 0) is 14.6 Å². The highest BCUT2D eigenvalue weighted by atomic mass is 79.9. The van der Waals surface area contributed by atoms with E-state index in [1.54, 1.807) is 38.1 Å². The Balaban J connectivity index is 0.00000264. The molecule has 5 nitrogen and oxygen atoms in total. The molecule has 1 aliphatic rings. The molecule has 0 spiro atoms. The quantitative estimate of drug-likeness (QED) is 0.759. The molecular formula is C15H22BrClN2O3S. The summed E-state index contributed by atoms with van der Waals surface area (Å²) in [5.41, 5.74) is 0. The highest BCUT2D eigenvalue weighted by Crippen LogP contribution is 2.26. The van der Waals surface area contributed by atoms with Crippen molar-refractivity contribution in [3.05, 3.63) is 28.7 Å². The van der Waals surface area contributed by atoms with Crippen LogP contribution in [0.5, 0.6) is 0 Å². The van der Waals surface area contributed by atoms with Gasteiger partial charge in [0.2, 0.25) is 5.91 Å². The highest BCUT2D eigenvalue weighted by Gasteiger charge is 2.36. The van der Waals surface area contributed by atoms with Crippen LogP contribution in [0, 0.1) is 0 Å². The van der Waals surface area contributed by atoms with Crippen LogP contribution < -0.4 is 10.6 Å². The van der Waals surface area contributed by atoms with Crippen molar-refractivity contribution >= 4 is 44.1 Å². The summed E-state index contributed by atoms with van der Waals surface area (Å²) in [5.74, 6) is -0.128. The second kappa shape index (κ2) is 7.96. The van der Waals surface area contributed by atoms with Gasteiger partial charge in [0.25, 0.3) is 0 Å². The number of carbonyl (C=O) groups is 1. The summed E-state index contributed by atoms with van der Waals surface area (Å²) in [6.45, 7) is 4.18. The van der Waals surface area contributed by atoms with Crippen molar-refractivity contribution in [2.45, 2.75) is 42.4 Å². The van der Waals surface area contributed by atoms with Crippen LogP contribution in [0.3, 0.4) is 0 Å². The number of benzene rings is 1. The first-order chi connectivity index (χ1) is 10.2. The maximum absolute atomic E-state index is 12.7. The summed E-state index contributed by atoms with van der Waals surface area (Å²) in [6, 6.07) is 6.34. The maximum atomic E-state index is 12.7. The fourth-order valence-electron chi connectivity index (χ4n) is 2.36. The van der Waals surface area contributed by atoms with Gasteiger partial charge < -0.3 is 10.6 Å². The van der Waals surface area contributed by atoms with E-state index in [1.807, 2.05) is 0 Å². The third kappa shape index (κ3) is 4.68. The molecule has 0 saturated carbocycles. The van der Waals surface area contributed by atoms with Gasteiger partial charge in [-0.15, -0.1) is 12.4 Å². The molecule has 1 amide bonds. The van der Waals surface area contributed by atoms with Crippen molar-refractivity contribution in [1.29, 1.82) is 0 Å². The van der Waals surface area contributed by atoms with Crippen LogP contribution in [0.25, 0.3) is 0 Å². The number of amides is 1. The summed E-state index contributed by atoms with van der Waals surface area (Å²) in [6.07, 6.45) is 1.77. The Labute approximate surface area is 152 Å². The fourth-order valence-corrected chi connectivity index (χ4v) is 4.02. The Morgan fingerprint density at radius 1 is 1.35 bits per heavy atom. The molecule has 2 rings (SSSR count). The minimum Gasteiger partial charge on any atom is -0.353 e. The van der Waals surface area contributed by atoms with Crippen LogP contribution in [0.15, 0.2) is 33.6 Å². The zero-order valence-electron chi connectivity index (χ0n) is 13.1. The topological polar surface area (TPSA) is 75.3 Å². The van der Waals surface area contributed by atoms with Gasteiger partial charge in [0.15, 0.2) is 9.84 Å². The molecule has 1 fully saturated rings. The number of rotatable bonds is 5. The minimum atomic E-state index is -3.53. The Hall–Kier alpha value is -0.630. The monoisotopic (exact) mass is 424 g/mol. The van der Waals surface area contributed by atoms with Gasteiger partial charge in [-0.05, 0) is 57.5 Å². The van der Waals surface area contributed by atoms with Crippen LogP contribution in [0.1, 0.15) is 26.7 Å². The molecule has 1 aromatic rings. The number of nitrogens with one attached hydrogen (secondary N) is 2. The van der Waals surface area contributed by atoms with Gasteiger partial charge in [-0.1, -0.05) is 15.9 Å². The Bertz CT molecular complexity index is 641. The highest BCUT2D eigenvalue weighted by molar-refractivity contribution is 9.10. The molecule has 23 heavy (non-hydrogen) atoms. The summed E-state index contributed by atoms with van der Waals surface area (Å²) in [5, 5.41) is 5.86. The van der Waals surface area contributed by atoms with E-state index >= 15 is 0 Å². The van der Waals surface area contributed by atoms with E-state index in [2.05, 4.69) is 26.6 Å². The molecule has 0 aromatic heterocycles. The first kappa shape index (κ1) is 20.4.